The number of imidazole rings is 1. The molecule has 2 bridgehead atoms. The molecule has 7 rings (SSSR count). The summed E-state index contributed by atoms with van der Waals surface area (Å²) < 4.78 is 18.9. The normalized spacial score (nSPS) is 19.3. The number of ether oxygens (including phenoxy) is 3. The molecule has 4 unspecified atom stereocenters. The quantitative estimate of drug-likeness (QED) is 0.292. The van der Waals surface area contributed by atoms with Crippen molar-refractivity contribution in [2.45, 2.75) is 64.1 Å². The predicted octanol–water partition coefficient (Wildman–Crippen LogP) is 5.66. The highest BCUT2D eigenvalue weighted by Gasteiger charge is 2.36. The predicted molar refractivity (Wildman–Crippen MR) is 147 cm³/mol. The van der Waals surface area contributed by atoms with Gasteiger partial charge in [0.05, 0.1) is 25.4 Å². The first-order valence-corrected chi connectivity index (χ1v) is 13.5. The molecule has 2 aromatic carbocycles. The average Bonchev–Trinajstić information content (AvgIpc) is 3.70. The molecular weight excluding hydrogens is 478 g/mol. The van der Waals surface area contributed by atoms with Gasteiger partial charge < -0.3 is 19.5 Å². The molecule has 0 spiro atoms. The van der Waals surface area contributed by atoms with Crippen LogP contribution in [0.4, 0.5) is 5.82 Å². The summed E-state index contributed by atoms with van der Waals surface area (Å²) in [5.74, 6) is 2.22. The van der Waals surface area contributed by atoms with Crippen LogP contribution in [0.1, 0.15) is 62.2 Å². The van der Waals surface area contributed by atoms with Crippen molar-refractivity contribution in [2.75, 3.05) is 25.6 Å². The fourth-order valence-electron chi connectivity index (χ4n) is 4.94. The van der Waals surface area contributed by atoms with E-state index in [9.17, 15) is 0 Å². The summed E-state index contributed by atoms with van der Waals surface area (Å²) in [5, 5.41) is 3.29. The van der Waals surface area contributed by atoms with E-state index in [4.69, 9.17) is 24.2 Å². The highest BCUT2D eigenvalue weighted by atomic mass is 16.5. The summed E-state index contributed by atoms with van der Waals surface area (Å²) in [4.78, 5) is 14.3. The average molecular weight is 516 g/mol. The molecule has 0 amide bonds. The number of aromatic nitrogens is 4. The Morgan fingerprint density at radius 2 is 1.71 bits per heavy atom. The van der Waals surface area contributed by atoms with Gasteiger partial charge in [0.25, 0.3) is 0 Å². The lowest BCUT2D eigenvalue weighted by atomic mass is 10.2. The first-order chi connectivity index (χ1) is 18.7. The summed E-state index contributed by atoms with van der Waals surface area (Å²) in [5.41, 5.74) is 2.90. The van der Waals surface area contributed by atoms with Gasteiger partial charge in [-0.15, -0.1) is 0 Å². The zero-order valence-electron chi connectivity index (χ0n) is 22.4. The van der Waals surface area contributed by atoms with Crippen molar-refractivity contribution in [3.63, 3.8) is 0 Å². The molecule has 0 radical (unpaired) electrons. The first kappa shape index (κ1) is 26.3. The Balaban J connectivity index is 0.000000424. The van der Waals surface area contributed by atoms with Gasteiger partial charge in [-0.05, 0) is 31.7 Å². The van der Waals surface area contributed by atoms with Crippen LogP contribution in [-0.2, 0) is 20.8 Å². The SMILES string of the molecule is C1CC2CC1O2.CCNc1ncn(C(OC)c2ccccc2)c2nc(C(C)COCc3ccccc3)nc1-2. The highest BCUT2D eigenvalue weighted by Crippen LogP contribution is 2.36. The van der Waals surface area contributed by atoms with Gasteiger partial charge in [0, 0.05) is 25.1 Å². The summed E-state index contributed by atoms with van der Waals surface area (Å²) in [7, 11) is 1.69. The van der Waals surface area contributed by atoms with Crippen LogP contribution in [0.5, 0.6) is 0 Å². The van der Waals surface area contributed by atoms with E-state index in [-0.39, 0.29) is 12.1 Å². The molecular formula is C30H37N5O3. The van der Waals surface area contributed by atoms with Gasteiger partial charge in [0.15, 0.2) is 23.6 Å². The van der Waals surface area contributed by atoms with Crippen molar-refractivity contribution >= 4 is 5.82 Å². The lowest BCUT2D eigenvalue weighted by Gasteiger charge is -2.23. The Morgan fingerprint density at radius 1 is 1.03 bits per heavy atom. The minimum absolute atomic E-state index is 0.0340. The lowest BCUT2D eigenvalue weighted by Crippen LogP contribution is -2.25. The van der Waals surface area contributed by atoms with Crippen LogP contribution < -0.4 is 5.32 Å². The number of methoxy groups -OCH3 is 1. The minimum atomic E-state index is -0.351. The second-order valence-electron chi connectivity index (χ2n) is 9.88. The van der Waals surface area contributed by atoms with E-state index in [1.165, 1.54) is 19.3 Å². The van der Waals surface area contributed by atoms with E-state index in [2.05, 4.69) is 29.4 Å². The maximum atomic E-state index is 5.94. The fourth-order valence-corrected chi connectivity index (χ4v) is 4.94. The third kappa shape index (κ3) is 6.04. The Labute approximate surface area is 224 Å². The zero-order valence-corrected chi connectivity index (χ0v) is 22.4. The van der Waals surface area contributed by atoms with Gasteiger partial charge >= 0.3 is 0 Å². The van der Waals surface area contributed by atoms with Crippen molar-refractivity contribution in [3.05, 3.63) is 83.9 Å². The number of hydrogen-bond donors (Lipinski definition) is 1. The second-order valence-corrected chi connectivity index (χ2v) is 9.88. The van der Waals surface area contributed by atoms with Crippen molar-refractivity contribution in [1.82, 2.24) is 19.5 Å². The molecule has 3 fully saturated rings. The van der Waals surface area contributed by atoms with Crippen LogP contribution in [0.3, 0.4) is 0 Å². The molecule has 4 heterocycles. The second kappa shape index (κ2) is 12.5. The summed E-state index contributed by atoms with van der Waals surface area (Å²) in [6.45, 7) is 5.95. The van der Waals surface area contributed by atoms with Crippen LogP contribution in [0, 0.1) is 0 Å². The van der Waals surface area contributed by atoms with Crippen LogP contribution >= 0.6 is 0 Å². The maximum Gasteiger partial charge on any atom is 0.168 e. The number of rotatable bonds is 10. The molecule has 8 heteroatoms. The number of anilines is 1. The molecule has 38 heavy (non-hydrogen) atoms. The molecule has 1 N–H and O–H groups in total. The molecule has 5 aliphatic rings. The molecule has 2 saturated heterocycles. The molecule has 0 aromatic heterocycles. The maximum absolute atomic E-state index is 5.94. The molecule has 8 nitrogen and oxygen atoms in total. The van der Waals surface area contributed by atoms with Crippen molar-refractivity contribution < 1.29 is 14.2 Å². The Bertz CT molecular complexity index is 1230. The molecule has 4 aliphatic heterocycles. The first-order valence-electron chi connectivity index (χ1n) is 13.5. The van der Waals surface area contributed by atoms with Gasteiger partial charge in [-0.1, -0.05) is 67.6 Å². The van der Waals surface area contributed by atoms with Crippen LogP contribution in [-0.4, -0.2) is 52.0 Å². The molecule has 2 aromatic rings. The standard InChI is InChI=1S/C25H29N5O2.C5H8O/c1-4-26-23-21-24(30(17-27-23)25(31-3)20-13-9-6-10-14-20)29-22(28-21)18(2)15-32-16-19-11-7-5-8-12-19;1-2-5-3-4(1)6-5/h5-14,17-18,25-26H,4,15-16H2,1-3H3;4-5H,1-3H2. The van der Waals surface area contributed by atoms with E-state index >= 15 is 0 Å². The molecule has 4 atom stereocenters. The van der Waals surface area contributed by atoms with Crippen molar-refractivity contribution in [1.29, 1.82) is 0 Å². The molecule has 1 saturated carbocycles. The topological polar surface area (TPSA) is 83.3 Å². The zero-order chi connectivity index (χ0) is 26.3. The van der Waals surface area contributed by atoms with E-state index in [0.29, 0.717) is 25.4 Å². The van der Waals surface area contributed by atoms with Gasteiger partial charge in [-0.25, -0.2) is 15.0 Å². The smallest absolute Gasteiger partial charge is 0.168 e. The fraction of sp³-hybridized carbons (Fsp3) is 0.433. The molecule has 200 valence electrons. The van der Waals surface area contributed by atoms with Crippen LogP contribution in [0.25, 0.3) is 11.5 Å². The van der Waals surface area contributed by atoms with Gasteiger partial charge in [0.1, 0.15) is 12.2 Å². The van der Waals surface area contributed by atoms with E-state index in [0.717, 1.165) is 40.8 Å². The van der Waals surface area contributed by atoms with Gasteiger partial charge in [-0.3, -0.25) is 4.57 Å². The number of nitrogens with one attached hydrogen (secondary N) is 1. The number of fused-ring (bicyclic) bond motifs is 2. The highest BCUT2D eigenvalue weighted by molar-refractivity contribution is 5.68. The number of hydrogen-bond acceptors (Lipinski definition) is 7. The largest absolute Gasteiger partial charge is 0.376 e. The Morgan fingerprint density at radius 3 is 2.32 bits per heavy atom. The van der Waals surface area contributed by atoms with Crippen LogP contribution in [0.15, 0.2) is 67.0 Å². The Kier molecular flexibility index (Phi) is 8.63. The summed E-state index contributed by atoms with van der Waals surface area (Å²) in [6.07, 6.45) is 6.83. The van der Waals surface area contributed by atoms with Crippen LogP contribution in [0.2, 0.25) is 0 Å². The summed E-state index contributed by atoms with van der Waals surface area (Å²) >= 11 is 0. The van der Waals surface area contributed by atoms with Crippen molar-refractivity contribution in [2.24, 2.45) is 0 Å². The third-order valence-corrected chi connectivity index (χ3v) is 6.99. The minimum Gasteiger partial charge on any atom is -0.376 e. The third-order valence-electron chi connectivity index (χ3n) is 6.99. The van der Waals surface area contributed by atoms with E-state index in [1.54, 1.807) is 13.4 Å². The lowest BCUT2D eigenvalue weighted by molar-refractivity contribution is -0.0647. The molecule has 1 aliphatic carbocycles. The van der Waals surface area contributed by atoms with Gasteiger partial charge in [-0.2, -0.15) is 0 Å². The monoisotopic (exact) mass is 515 g/mol. The van der Waals surface area contributed by atoms with E-state index in [1.807, 2.05) is 60.0 Å². The summed E-state index contributed by atoms with van der Waals surface area (Å²) in [6, 6.07) is 20.2. The number of benzene rings is 2. The van der Waals surface area contributed by atoms with Crippen molar-refractivity contribution in [3.8, 4) is 11.5 Å². The number of nitrogens with zero attached hydrogens (tertiary/aromatic N) is 4. The van der Waals surface area contributed by atoms with E-state index < -0.39 is 0 Å². The van der Waals surface area contributed by atoms with Gasteiger partial charge in [0.2, 0.25) is 0 Å². The Hall–Kier alpha value is -3.33.